The molecular weight excluding hydrogens is 292 g/mol. The Kier molecular flexibility index (Phi) is 3.80. The Bertz CT molecular complexity index is 802. The summed E-state index contributed by atoms with van der Waals surface area (Å²) < 4.78 is 7.78. The molecule has 1 saturated heterocycles. The van der Waals surface area contributed by atoms with Crippen molar-refractivity contribution in [3.8, 4) is 0 Å². The fourth-order valence-corrected chi connectivity index (χ4v) is 3.00. The Balaban J connectivity index is 1.68. The topological polar surface area (TPSA) is 72.0 Å². The lowest BCUT2D eigenvalue weighted by Gasteiger charge is -2.26. The highest BCUT2D eigenvalue weighted by molar-refractivity contribution is 5.71. The number of oxazole rings is 1. The average Bonchev–Trinajstić information content (AvgIpc) is 3.13. The van der Waals surface area contributed by atoms with Crippen LogP contribution in [0.2, 0.25) is 0 Å². The van der Waals surface area contributed by atoms with E-state index in [4.69, 9.17) is 9.40 Å². The number of aromatic nitrogens is 4. The van der Waals surface area contributed by atoms with Gasteiger partial charge in [-0.25, -0.2) is 15.0 Å². The molecular formula is C16H20N6O. The predicted octanol–water partition coefficient (Wildman–Crippen LogP) is 1.18. The van der Waals surface area contributed by atoms with E-state index in [9.17, 15) is 0 Å². The van der Waals surface area contributed by atoms with Gasteiger partial charge in [0.25, 0.3) is 0 Å². The van der Waals surface area contributed by atoms with Crippen LogP contribution in [0.25, 0.3) is 11.2 Å². The van der Waals surface area contributed by atoms with Gasteiger partial charge >= 0.3 is 0 Å². The van der Waals surface area contributed by atoms with E-state index in [0.29, 0.717) is 12.4 Å². The van der Waals surface area contributed by atoms with E-state index in [1.54, 1.807) is 12.4 Å². The molecule has 0 saturated carbocycles. The van der Waals surface area contributed by atoms with Crippen molar-refractivity contribution >= 4 is 11.2 Å². The number of pyridine rings is 1. The molecule has 1 aliphatic heterocycles. The Morgan fingerprint density at radius 2 is 2.09 bits per heavy atom. The molecule has 0 radical (unpaired) electrons. The quantitative estimate of drug-likeness (QED) is 0.780. The minimum atomic E-state index is 0.607. The van der Waals surface area contributed by atoms with Crippen LogP contribution >= 0.6 is 0 Å². The van der Waals surface area contributed by atoms with Crippen LogP contribution in [-0.4, -0.2) is 50.6 Å². The van der Waals surface area contributed by atoms with Gasteiger partial charge in [0.15, 0.2) is 11.5 Å². The maximum atomic E-state index is 5.64. The number of fused-ring (bicyclic) bond motifs is 1. The molecule has 23 heavy (non-hydrogen) atoms. The van der Waals surface area contributed by atoms with E-state index >= 15 is 0 Å². The van der Waals surface area contributed by atoms with Crippen LogP contribution in [0.15, 0.2) is 28.9 Å². The largest absolute Gasteiger partial charge is 0.444 e. The maximum Gasteiger partial charge on any atom is 0.191 e. The third-order valence-electron chi connectivity index (χ3n) is 4.14. The molecule has 1 fully saturated rings. The van der Waals surface area contributed by atoms with Crippen molar-refractivity contribution in [1.29, 1.82) is 0 Å². The highest BCUT2D eigenvalue weighted by Crippen LogP contribution is 2.18. The first-order valence-corrected chi connectivity index (χ1v) is 7.94. The van der Waals surface area contributed by atoms with Gasteiger partial charge in [-0.1, -0.05) is 0 Å². The minimum absolute atomic E-state index is 0.607. The van der Waals surface area contributed by atoms with E-state index in [1.165, 1.54) is 0 Å². The Hall–Kier alpha value is -2.25. The summed E-state index contributed by atoms with van der Waals surface area (Å²) >= 11 is 0. The summed E-state index contributed by atoms with van der Waals surface area (Å²) in [4.78, 5) is 15.9. The summed E-state index contributed by atoms with van der Waals surface area (Å²) in [6.07, 6.45) is 3.58. The summed E-state index contributed by atoms with van der Waals surface area (Å²) in [6, 6.07) is 3.93. The molecule has 4 heterocycles. The van der Waals surface area contributed by atoms with E-state index in [-0.39, 0.29) is 0 Å². The van der Waals surface area contributed by atoms with Gasteiger partial charge in [0.05, 0.1) is 19.3 Å². The van der Waals surface area contributed by atoms with Crippen molar-refractivity contribution in [2.45, 2.75) is 20.0 Å². The number of nitrogens with zero attached hydrogens (tertiary/aromatic N) is 5. The Morgan fingerprint density at radius 1 is 1.22 bits per heavy atom. The molecule has 1 N–H and O–H groups in total. The second-order valence-electron chi connectivity index (χ2n) is 5.83. The first-order chi connectivity index (χ1) is 11.3. The first-order valence-electron chi connectivity index (χ1n) is 7.94. The third-order valence-corrected chi connectivity index (χ3v) is 4.14. The second-order valence-corrected chi connectivity index (χ2v) is 5.83. The number of piperazine rings is 1. The second kappa shape index (κ2) is 6.10. The van der Waals surface area contributed by atoms with Gasteiger partial charge in [0.2, 0.25) is 0 Å². The fourth-order valence-electron chi connectivity index (χ4n) is 3.00. The number of hydrogen-bond donors (Lipinski definition) is 1. The summed E-state index contributed by atoms with van der Waals surface area (Å²) in [7, 11) is 0. The van der Waals surface area contributed by atoms with Crippen molar-refractivity contribution in [2.24, 2.45) is 0 Å². The van der Waals surface area contributed by atoms with Gasteiger partial charge in [0.1, 0.15) is 17.1 Å². The summed E-state index contributed by atoms with van der Waals surface area (Å²) in [6.45, 7) is 7.42. The number of imidazole rings is 1. The van der Waals surface area contributed by atoms with Crippen LogP contribution in [-0.2, 0) is 13.1 Å². The molecule has 0 atom stereocenters. The molecule has 4 rings (SSSR count). The van der Waals surface area contributed by atoms with E-state index < -0.39 is 0 Å². The zero-order chi connectivity index (χ0) is 15.6. The molecule has 0 bridgehead atoms. The van der Waals surface area contributed by atoms with Crippen molar-refractivity contribution in [2.75, 3.05) is 26.2 Å². The van der Waals surface area contributed by atoms with Gasteiger partial charge in [-0.05, 0) is 12.1 Å². The van der Waals surface area contributed by atoms with E-state index in [1.807, 2.05) is 19.1 Å². The molecule has 3 aromatic heterocycles. The summed E-state index contributed by atoms with van der Waals surface area (Å²) in [5, 5.41) is 3.38. The fraction of sp³-hybridized carbons (Fsp3) is 0.438. The van der Waals surface area contributed by atoms with Crippen molar-refractivity contribution in [3.63, 3.8) is 0 Å². The van der Waals surface area contributed by atoms with Crippen LogP contribution < -0.4 is 5.32 Å². The van der Waals surface area contributed by atoms with Crippen LogP contribution in [0, 0.1) is 6.92 Å². The van der Waals surface area contributed by atoms with Gasteiger partial charge < -0.3 is 14.3 Å². The average molecular weight is 312 g/mol. The predicted molar refractivity (Wildman–Crippen MR) is 86.0 cm³/mol. The number of aryl methyl sites for hydroxylation is 1. The zero-order valence-electron chi connectivity index (χ0n) is 13.2. The lowest BCUT2D eigenvalue weighted by molar-refractivity contribution is 0.225. The molecule has 3 aromatic rings. The summed E-state index contributed by atoms with van der Waals surface area (Å²) in [5.41, 5.74) is 1.82. The highest BCUT2D eigenvalue weighted by Gasteiger charge is 2.17. The SMILES string of the molecule is Cc1ncc(Cn2c(CN3CCNCC3)nc3cccnc32)o1. The normalized spacial score (nSPS) is 16.2. The molecule has 120 valence electrons. The van der Waals surface area contributed by atoms with Crippen LogP contribution in [0.5, 0.6) is 0 Å². The van der Waals surface area contributed by atoms with E-state index in [0.717, 1.165) is 55.5 Å². The van der Waals surface area contributed by atoms with Gasteiger partial charge in [-0.3, -0.25) is 4.90 Å². The molecule has 7 nitrogen and oxygen atoms in total. The molecule has 0 amide bonds. The first kappa shape index (κ1) is 14.3. The number of nitrogens with one attached hydrogen (secondary N) is 1. The lowest BCUT2D eigenvalue weighted by Crippen LogP contribution is -2.43. The number of hydrogen-bond acceptors (Lipinski definition) is 6. The minimum Gasteiger partial charge on any atom is -0.444 e. The summed E-state index contributed by atoms with van der Waals surface area (Å²) in [5.74, 6) is 2.53. The zero-order valence-corrected chi connectivity index (χ0v) is 13.2. The molecule has 0 unspecified atom stereocenters. The highest BCUT2D eigenvalue weighted by atomic mass is 16.4. The number of rotatable bonds is 4. The molecule has 0 spiro atoms. The Labute approximate surface area is 134 Å². The standard InChI is InChI=1S/C16H20N6O/c1-12-19-9-13(23-12)10-22-15(11-21-7-5-17-6-8-21)20-14-3-2-4-18-16(14)22/h2-4,9,17H,5-8,10-11H2,1H3. The smallest absolute Gasteiger partial charge is 0.191 e. The maximum absolute atomic E-state index is 5.64. The van der Waals surface area contributed by atoms with Crippen molar-refractivity contribution in [3.05, 3.63) is 42.0 Å². The van der Waals surface area contributed by atoms with Crippen LogP contribution in [0.1, 0.15) is 17.5 Å². The van der Waals surface area contributed by atoms with Gasteiger partial charge in [0, 0.05) is 39.3 Å². The monoisotopic (exact) mass is 312 g/mol. The molecule has 0 aromatic carbocycles. The Morgan fingerprint density at radius 3 is 2.87 bits per heavy atom. The van der Waals surface area contributed by atoms with Gasteiger partial charge in [-0.15, -0.1) is 0 Å². The van der Waals surface area contributed by atoms with Gasteiger partial charge in [-0.2, -0.15) is 0 Å². The lowest BCUT2D eigenvalue weighted by atomic mass is 10.3. The van der Waals surface area contributed by atoms with Crippen molar-refractivity contribution in [1.82, 2.24) is 29.7 Å². The third kappa shape index (κ3) is 2.97. The van der Waals surface area contributed by atoms with Crippen LogP contribution in [0.3, 0.4) is 0 Å². The van der Waals surface area contributed by atoms with Crippen molar-refractivity contribution < 1.29 is 4.42 Å². The molecule has 0 aliphatic carbocycles. The van der Waals surface area contributed by atoms with E-state index in [2.05, 4.69) is 24.8 Å². The molecule has 1 aliphatic rings. The van der Waals surface area contributed by atoms with Crippen LogP contribution in [0.4, 0.5) is 0 Å². The molecule has 7 heteroatoms.